The number of pyridine rings is 1. The van der Waals surface area contributed by atoms with Gasteiger partial charge in [0.15, 0.2) is 5.96 Å². The number of aromatic nitrogens is 1. The third-order valence-corrected chi connectivity index (χ3v) is 4.59. The first-order valence-electron chi connectivity index (χ1n) is 9.21. The molecular formula is C19H33N5. The van der Waals surface area contributed by atoms with E-state index in [-0.39, 0.29) is 5.54 Å². The van der Waals surface area contributed by atoms with E-state index in [4.69, 9.17) is 0 Å². The number of aryl methyl sites for hydroxylation is 1. The minimum atomic E-state index is 0.137. The van der Waals surface area contributed by atoms with E-state index < -0.39 is 0 Å². The lowest BCUT2D eigenvalue weighted by Crippen LogP contribution is -2.54. The minimum Gasteiger partial charge on any atom is -0.357 e. The van der Waals surface area contributed by atoms with Crippen molar-refractivity contribution in [3.63, 3.8) is 0 Å². The maximum Gasteiger partial charge on any atom is 0.191 e. The molecule has 5 nitrogen and oxygen atoms in total. The zero-order chi connectivity index (χ0) is 17.4. The average Bonchev–Trinajstić information content (AvgIpc) is 2.58. The number of nitrogens with one attached hydrogen (secondary N) is 2. The second-order valence-electron chi connectivity index (χ2n) is 7.18. The molecule has 2 heterocycles. The van der Waals surface area contributed by atoms with Crippen LogP contribution in [0, 0.1) is 6.92 Å². The molecule has 0 spiro atoms. The van der Waals surface area contributed by atoms with Gasteiger partial charge >= 0.3 is 0 Å². The van der Waals surface area contributed by atoms with Crippen molar-refractivity contribution >= 4 is 5.96 Å². The molecule has 1 aliphatic rings. The van der Waals surface area contributed by atoms with E-state index in [9.17, 15) is 0 Å². The second kappa shape index (κ2) is 9.02. The molecule has 1 aromatic heterocycles. The topological polar surface area (TPSA) is 52.6 Å². The standard InChI is InChI=1S/C19H33N5/c1-5-20-18(21-14-17-11-9-10-16(2)23-17)22-15-19(3,4)24-12-7-6-8-13-24/h9-11H,5-8,12-15H2,1-4H3,(H2,20,21,22). The van der Waals surface area contributed by atoms with Crippen molar-refractivity contribution in [1.29, 1.82) is 0 Å². The van der Waals surface area contributed by atoms with Crippen LogP contribution < -0.4 is 10.6 Å². The molecule has 0 saturated carbocycles. The molecule has 0 aromatic carbocycles. The van der Waals surface area contributed by atoms with Gasteiger partial charge in [-0.25, -0.2) is 4.99 Å². The molecule has 0 amide bonds. The van der Waals surface area contributed by atoms with Gasteiger partial charge in [-0.3, -0.25) is 9.88 Å². The van der Waals surface area contributed by atoms with E-state index >= 15 is 0 Å². The number of aliphatic imine (C=N–C) groups is 1. The molecule has 24 heavy (non-hydrogen) atoms. The van der Waals surface area contributed by atoms with Crippen LogP contribution in [0.15, 0.2) is 23.2 Å². The number of nitrogens with zero attached hydrogens (tertiary/aromatic N) is 3. The lowest BCUT2D eigenvalue weighted by atomic mass is 9.98. The van der Waals surface area contributed by atoms with Crippen LogP contribution in [0.2, 0.25) is 0 Å². The number of hydrogen-bond donors (Lipinski definition) is 2. The molecule has 134 valence electrons. The van der Waals surface area contributed by atoms with E-state index in [1.54, 1.807) is 0 Å². The summed E-state index contributed by atoms with van der Waals surface area (Å²) in [5.41, 5.74) is 2.17. The molecule has 0 unspecified atom stereocenters. The predicted octanol–water partition coefficient (Wildman–Crippen LogP) is 2.71. The molecular weight excluding hydrogens is 298 g/mol. The Bertz CT molecular complexity index is 532. The summed E-state index contributed by atoms with van der Waals surface area (Å²) in [4.78, 5) is 11.8. The summed E-state index contributed by atoms with van der Waals surface area (Å²) in [5, 5.41) is 6.85. The number of guanidine groups is 1. The zero-order valence-electron chi connectivity index (χ0n) is 15.7. The monoisotopic (exact) mass is 331 g/mol. The summed E-state index contributed by atoms with van der Waals surface area (Å²) in [6.45, 7) is 13.5. The Morgan fingerprint density at radius 2 is 1.96 bits per heavy atom. The normalized spacial score (nSPS) is 16.9. The van der Waals surface area contributed by atoms with Crippen molar-refractivity contribution in [3.8, 4) is 0 Å². The van der Waals surface area contributed by atoms with Gasteiger partial charge in [0, 0.05) is 24.3 Å². The second-order valence-corrected chi connectivity index (χ2v) is 7.18. The van der Waals surface area contributed by atoms with Crippen LogP contribution in [0.5, 0.6) is 0 Å². The molecule has 0 aliphatic carbocycles. The summed E-state index contributed by atoms with van der Waals surface area (Å²) in [6.07, 6.45) is 4.00. The Morgan fingerprint density at radius 1 is 1.21 bits per heavy atom. The highest BCUT2D eigenvalue weighted by Gasteiger charge is 2.27. The molecule has 1 saturated heterocycles. The lowest BCUT2D eigenvalue weighted by molar-refractivity contribution is 0.0982. The van der Waals surface area contributed by atoms with E-state index in [2.05, 4.69) is 46.3 Å². The highest BCUT2D eigenvalue weighted by Crippen LogP contribution is 2.19. The Balaban J connectivity index is 1.93. The molecule has 1 aliphatic heterocycles. The van der Waals surface area contributed by atoms with Crippen LogP contribution in [0.3, 0.4) is 0 Å². The Labute approximate surface area is 147 Å². The molecule has 0 bridgehead atoms. The van der Waals surface area contributed by atoms with Crippen LogP contribution in [0.4, 0.5) is 0 Å². The average molecular weight is 332 g/mol. The van der Waals surface area contributed by atoms with Crippen molar-refractivity contribution in [2.24, 2.45) is 4.99 Å². The lowest BCUT2D eigenvalue weighted by Gasteiger charge is -2.41. The van der Waals surface area contributed by atoms with Crippen LogP contribution >= 0.6 is 0 Å². The van der Waals surface area contributed by atoms with Crippen LogP contribution in [0.25, 0.3) is 0 Å². The largest absolute Gasteiger partial charge is 0.357 e. The molecule has 1 aromatic rings. The summed E-state index contributed by atoms with van der Waals surface area (Å²) >= 11 is 0. The van der Waals surface area contributed by atoms with Crippen molar-refractivity contribution in [2.45, 2.75) is 59.0 Å². The van der Waals surface area contributed by atoms with Gasteiger partial charge < -0.3 is 10.6 Å². The van der Waals surface area contributed by atoms with E-state index in [1.165, 1.54) is 32.4 Å². The Hall–Kier alpha value is -1.62. The van der Waals surface area contributed by atoms with E-state index in [0.29, 0.717) is 6.54 Å². The van der Waals surface area contributed by atoms with Crippen molar-refractivity contribution in [3.05, 3.63) is 29.6 Å². The van der Waals surface area contributed by atoms with E-state index in [1.807, 2.05) is 25.1 Å². The Kier molecular flexibility index (Phi) is 7.03. The molecule has 1 fully saturated rings. The first kappa shape index (κ1) is 18.7. The molecule has 0 radical (unpaired) electrons. The van der Waals surface area contributed by atoms with Crippen molar-refractivity contribution in [1.82, 2.24) is 20.5 Å². The van der Waals surface area contributed by atoms with E-state index in [0.717, 1.165) is 30.4 Å². The fourth-order valence-electron chi connectivity index (χ4n) is 3.10. The highest BCUT2D eigenvalue weighted by atomic mass is 15.2. The summed E-state index contributed by atoms with van der Waals surface area (Å²) in [6, 6.07) is 6.07. The van der Waals surface area contributed by atoms with Gasteiger partial charge in [0.05, 0.1) is 12.2 Å². The van der Waals surface area contributed by atoms with Gasteiger partial charge in [-0.1, -0.05) is 12.5 Å². The molecule has 0 atom stereocenters. The fraction of sp³-hybridized carbons (Fsp3) is 0.684. The summed E-state index contributed by atoms with van der Waals surface area (Å²) < 4.78 is 0. The maximum absolute atomic E-state index is 4.69. The SMILES string of the molecule is CCNC(=NCc1cccc(C)n1)NCC(C)(C)N1CCCCC1. The smallest absolute Gasteiger partial charge is 0.191 e. The number of rotatable bonds is 6. The summed E-state index contributed by atoms with van der Waals surface area (Å²) in [5.74, 6) is 0.867. The molecule has 5 heteroatoms. The van der Waals surface area contributed by atoms with Gasteiger partial charge in [0.1, 0.15) is 0 Å². The van der Waals surface area contributed by atoms with Gasteiger partial charge in [-0.2, -0.15) is 0 Å². The van der Waals surface area contributed by atoms with Gasteiger partial charge in [-0.05, 0) is 65.8 Å². The fourth-order valence-corrected chi connectivity index (χ4v) is 3.10. The third kappa shape index (κ3) is 5.78. The summed E-state index contributed by atoms with van der Waals surface area (Å²) in [7, 11) is 0. The highest BCUT2D eigenvalue weighted by molar-refractivity contribution is 5.79. The van der Waals surface area contributed by atoms with Gasteiger partial charge in [0.25, 0.3) is 0 Å². The first-order chi connectivity index (χ1) is 11.5. The third-order valence-electron chi connectivity index (χ3n) is 4.59. The zero-order valence-corrected chi connectivity index (χ0v) is 15.7. The number of likely N-dealkylation sites (tertiary alicyclic amines) is 1. The van der Waals surface area contributed by atoms with Crippen LogP contribution in [-0.2, 0) is 6.54 Å². The quantitative estimate of drug-likeness (QED) is 0.622. The number of piperidine rings is 1. The molecule has 2 rings (SSSR count). The van der Waals surface area contributed by atoms with Crippen LogP contribution in [-0.4, -0.2) is 47.6 Å². The Morgan fingerprint density at radius 3 is 2.62 bits per heavy atom. The van der Waals surface area contributed by atoms with Crippen LogP contribution in [0.1, 0.15) is 51.4 Å². The maximum atomic E-state index is 4.69. The van der Waals surface area contributed by atoms with Gasteiger partial charge in [-0.15, -0.1) is 0 Å². The number of hydrogen-bond acceptors (Lipinski definition) is 3. The minimum absolute atomic E-state index is 0.137. The van der Waals surface area contributed by atoms with Crippen molar-refractivity contribution in [2.75, 3.05) is 26.2 Å². The van der Waals surface area contributed by atoms with Crippen molar-refractivity contribution < 1.29 is 0 Å². The first-order valence-corrected chi connectivity index (χ1v) is 9.21. The van der Waals surface area contributed by atoms with Gasteiger partial charge in [0.2, 0.25) is 0 Å². The predicted molar refractivity (Wildman–Crippen MR) is 101 cm³/mol. The molecule has 2 N–H and O–H groups in total.